The second-order valence-electron chi connectivity index (χ2n) is 7.70. The van der Waals surface area contributed by atoms with Crippen molar-refractivity contribution in [3.05, 3.63) is 35.6 Å². The highest BCUT2D eigenvalue weighted by Gasteiger charge is 2.51. The number of carbonyl (C=O) groups is 1. The zero-order valence-electron chi connectivity index (χ0n) is 13.9. The maximum atomic E-state index is 13.5. The average molecular weight is 353 g/mol. The molecule has 132 valence electrons. The second kappa shape index (κ2) is 6.64. The summed E-state index contributed by atoms with van der Waals surface area (Å²) in [5.41, 5.74) is 0.793. The molecule has 1 aromatic carbocycles. The highest BCUT2D eigenvalue weighted by atomic mass is 35.5. The molecule has 1 amide bonds. The number of amides is 1. The minimum atomic E-state index is -0.198. The average Bonchev–Trinajstić information content (AvgIpc) is 3.23. The maximum absolute atomic E-state index is 13.5. The number of carbonyl (C=O) groups excluding carboxylic acids is 1. The van der Waals surface area contributed by atoms with E-state index in [1.165, 1.54) is 12.5 Å². The fourth-order valence-electron chi connectivity index (χ4n) is 4.65. The lowest BCUT2D eigenvalue weighted by Crippen LogP contribution is -2.49. The molecule has 5 heteroatoms. The molecule has 3 aliphatic rings. The van der Waals surface area contributed by atoms with Crippen LogP contribution in [0.15, 0.2) is 24.3 Å². The van der Waals surface area contributed by atoms with E-state index >= 15 is 0 Å². The van der Waals surface area contributed by atoms with Gasteiger partial charge in [-0.2, -0.15) is 0 Å². The van der Waals surface area contributed by atoms with Crippen LogP contribution in [-0.2, 0) is 10.2 Å². The van der Waals surface area contributed by atoms with Gasteiger partial charge in [-0.05, 0) is 55.8 Å². The lowest BCUT2D eigenvalue weighted by molar-refractivity contribution is -0.134. The summed E-state index contributed by atoms with van der Waals surface area (Å²) in [5, 5.41) is 6.66. The first-order valence-electron chi connectivity index (χ1n) is 8.90. The molecule has 1 heterocycles. The van der Waals surface area contributed by atoms with Gasteiger partial charge in [-0.15, -0.1) is 12.4 Å². The molecule has 1 aromatic rings. The molecule has 0 bridgehead atoms. The van der Waals surface area contributed by atoms with Gasteiger partial charge in [0.05, 0.1) is 5.41 Å². The van der Waals surface area contributed by atoms with Gasteiger partial charge in [0.2, 0.25) is 5.91 Å². The largest absolute Gasteiger partial charge is 0.355 e. The van der Waals surface area contributed by atoms with Gasteiger partial charge in [0.25, 0.3) is 0 Å². The number of nitrogens with one attached hydrogen (secondary N) is 2. The van der Waals surface area contributed by atoms with Crippen LogP contribution < -0.4 is 10.6 Å². The lowest BCUT2D eigenvalue weighted by atomic mass is 9.67. The summed E-state index contributed by atoms with van der Waals surface area (Å²) in [6.07, 6.45) is 6.63. The molecule has 24 heavy (non-hydrogen) atoms. The van der Waals surface area contributed by atoms with Crippen LogP contribution in [0.25, 0.3) is 0 Å². The summed E-state index contributed by atoms with van der Waals surface area (Å²) in [6, 6.07) is 6.86. The molecule has 4 rings (SSSR count). The Balaban J connectivity index is 0.00000169. The molecule has 3 nitrogen and oxygen atoms in total. The number of hydrogen-bond acceptors (Lipinski definition) is 2. The fraction of sp³-hybridized carbons (Fsp3) is 0.632. The molecule has 0 unspecified atom stereocenters. The Kier molecular flexibility index (Phi) is 4.89. The van der Waals surface area contributed by atoms with Crippen LogP contribution in [0.3, 0.4) is 0 Å². The first-order chi connectivity index (χ1) is 11.1. The zero-order chi connectivity index (χ0) is 15.9. The minimum Gasteiger partial charge on any atom is -0.355 e. The number of rotatable bonds is 4. The Morgan fingerprint density at radius 1 is 1.29 bits per heavy atom. The summed E-state index contributed by atoms with van der Waals surface area (Å²) in [7, 11) is 0. The van der Waals surface area contributed by atoms with Crippen LogP contribution in [0.2, 0.25) is 0 Å². The van der Waals surface area contributed by atoms with Crippen molar-refractivity contribution in [1.29, 1.82) is 0 Å². The van der Waals surface area contributed by atoms with Crippen molar-refractivity contribution in [3.8, 4) is 0 Å². The first-order valence-corrected chi connectivity index (χ1v) is 8.90. The van der Waals surface area contributed by atoms with Gasteiger partial charge < -0.3 is 10.6 Å². The van der Waals surface area contributed by atoms with Crippen LogP contribution >= 0.6 is 12.4 Å². The van der Waals surface area contributed by atoms with Gasteiger partial charge in [-0.1, -0.05) is 25.0 Å². The van der Waals surface area contributed by atoms with E-state index in [0.29, 0.717) is 12.5 Å². The van der Waals surface area contributed by atoms with E-state index in [4.69, 9.17) is 0 Å². The third kappa shape index (κ3) is 2.95. The third-order valence-corrected chi connectivity index (χ3v) is 6.37. The molecule has 2 atom stereocenters. The molecular weight excluding hydrogens is 327 g/mol. The summed E-state index contributed by atoms with van der Waals surface area (Å²) < 4.78 is 13.5. The van der Waals surface area contributed by atoms with Crippen LogP contribution in [0.4, 0.5) is 4.39 Å². The lowest BCUT2D eigenvalue weighted by Gasteiger charge is -2.37. The highest BCUT2D eigenvalue weighted by molar-refractivity contribution is 5.85. The summed E-state index contributed by atoms with van der Waals surface area (Å²) >= 11 is 0. The van der Waals surface area contributed by atoms with Crippen molar-refractivity contribution in [2.75, 3.05) is 19.6 Å². The van der Waals surface area contributed by atoms with E-state index in [1.54, 1.807) is 12.1 Å². The fourth-order valence-corrected chi connectivity index (χ4v) is 4.65. The van der Waals surface area contributed by atoms with Crippen LogP contribution in [-0.4, -0.2) is 25.5 Å². The predicted octanol–water partition coefficient (Wildman–Crippen LogP) is 3.18. The molecule has 0 aromatic heterocycles. The van der Waals surface area contributed by atoms with Crippen molar-refractivity contribution >= 4 is 18.3 Å². The molecule has 2 aliphatic carbocycles. The highest BCUT2D eigenvalue weighted by Crippen LogP contribution is 2.48. The van der Waals surface area contributed by atoms with Crippen molar-refractivity contribution in [1.82, 2.24) is 10.6 Å². The van der Waals surface area contributed by atoms with Gasteiger partial charge in [-0.3, -0.25) is 4.79 Å². The van der Waals surface area contributed by atoms with Crippen LogP contribution in [0.5, 0.6) is 0 Å². The molecule has 1 aliphatic heterocycles. The number of benzene rings is 1. The van der Waals surface area contributed by atoms with Crippen molar-refractivity contribution in [2.24, 2.45) is 11.3 Å². The van der Waals surface area contributed by atoms with Crippen molar-refractivity contribution in [2.45, 2.75) is 43.9 Å². The second-order valence-corrected chi connectivity index (χ2v) is 7.70. The molecule has 0 spiro atoms. The normalized spacial score (nSPS) is 30.1. The minimum absolute atomic E-state index is 0. The quantitative estimate of drug-likeness (QED) is 0.873. The van der Waals surface area contributed by atoms with Gasteiger partial charge in [0.1, 0.15) is 5.82 Å². The topological polar surface area (TPSA) is 41.1 Å². The van der Waals surface area contributed by atoms with Gasteiger partial charge in [0, 0.05) is 18.5 Å². The monoisotopic (exact) mass is 352 g/mol. The summed E-state index contributed by atoms with van der Waals surface area (Å²) in [4.78, 5) is 12.9. The molecule has 2 saturated carbocycles. The zero-order valence-corrected chi connectivity index (χ0v) is 14.8. The SMILES string of the molecule is Cl.O=C(NCC1(c2cccc(F)c2)CC1)[C@@]12CCCC[C@H]1CNC2. The maximum Gasteiger partial charge on any atom is 0.227 e. The Morgan fingerprint density at radius 3 is 2.88 bits per heavy atom. The Morgan fingerprint density at radius 2 is 2.12 bits per heavy atom. The third-order valence-electron chi connectivity index (χ3n) is 6.37. The summed E-state index contributed by atoms with van der Waals surface area (Å²) in [5.74, 6) is 0.515. The van der Waals surface area contributed by atoms with Crippen LogP contribution in [0, 0.1) is 17.2 Å². The summed E-state index contributed by atoms with van der Waals surface area (Å²) in [6.45, 7) is 2.43. The van der Waals surface area contributed by atoms with Crippen molar-refractivity contribution < 1.29 is 9.18 Å². The number of halogens is 2. The molecule has 1 saturated heterocycles. The van der Waals surface area contributed by atoms with Gasteiger partial charge in [-0.25, -0.2) is 4.39 Å². The van der Waals surface area contributed by atoms with Crippen molar-refractivity contribution in [3.63, 3.8) is 0 Å². The number of hydrogen-bond donors (Lipinski definition) is 2. The van der Waals surface area contributed by atoms with Crippen LogP contribution in [0.1, 0.15) is 44.1 Å². The first kappa shape index (κ1) is 17.7. The Labute approximate surface area is 149 Å². The molecule has 0 radical (unpaired) electrons. The predicted molar refractivity (Wildman–Crippen MR) is 94.8 cm³/mol. The standard InChI is InChI=1S/C19H25FN2O.ClH/c20-16-6-3-5-14(10-16)18(8-9-18)12-22-17(23)19-7-2-1-4-15(19)11-21-13-19;/h3,5-6,10,15,21H,1-2,4,7-9,11-13H2,(H,22,23);1H/t15-,19+;/m0./s1. The molecule has 2 N–H and O–H groups in total. The Bertz CT molecular complexity index is 619. The van der Waals surface area contributed by atoms with Gasteiger partial charge in [0.15, 0.2) is 0 Å². The molecule has 3 fully saturated rings. The van der Waals surface area contributed by atoms with E-state index in [1.807, 2.05) is 6.07 Å². The van der Waals surface area contributed by atoms with E-state index in [-0.39, 0.29) is 35.0 Å². The number of fused-ring (bicyclic) bond motifs is 1. The van der Waals surface area contributed by atoms with E-state index in [2.05, 4.69) is 10.6 Å². The van der Waals surface area contributed by atoms with E-state index < -0.39 is 0 Å². The van der Waals surface area contributed by atoms with E-state index in [9.17, 15) is 9.18 Å². The smallest absolute Gasteiger partial charge is 0.227 e. The molecular formula is C19H26ClFN2O. The van der Waals surface area contributed by atoms with E-state index in [0.717, 1.165) is 50.8 Å². The Hall–Kier alpha value is -1.13. The van der Waals surface area contributed by atoms with Gasteiger partial charge >= 0.3 is 0 Å².